The zero-order chi connectivity index (χ0) is 19.8. The van der Waals surface area contributed by atoms with Gasteiger partial charge in [0, 0.05) is 5.56 Å². The maximum absolute atomic E-state index is 14.0. The molecule has 0 heterocycles. The van der Waals surface area contributed by atoms with Crippen LogP contribution >= 0.6 is 0 Å². The van der Waals surface area contributed by atoms with Crippen LogP contribution in [0.15, 0.2) is 78.9 Å². The molecule has 3 aromatic rings. The van der Waals surface area contributed by atoms with E-state index in [1.807, 2.05) is 30.3 Å². The molecule has 27 heavy (non-hydrogen) atoms. The van der Waals surface area contributed by atoms with Crippen LogP contribution in [0.2, 0.25) is 0 Å². The number of carbonyl (C=O) groups is 2. The zero-order valence-corrected chi connectivity index (χ0v) is 14.7. The number of benzene rings is 3. The van der Waals surface area contributed by atoms with Crippen molar-refractivity contribution in [1.82, 2.24) is 0 Å². The third-order valence-corrected chi connectivity index (χ3v) is 3.97. The Kier molecular flexibility index (Phi) is 6.83. The van der Waals surface area contributed by atoms with Gasteiger partial charge >= 0.3 is 11.9 Å². The lowest BCUT2D eigenvalue weighted by Gasteiger charge is -2.09. The third-order valence-electron chi connectivity index (χ3n) is 3.97. The van der Waals surface area contributed by atoms with E-state index >= 15 is 0 Å². The van der Waals surface area contributed by atoms with Gasteiger partial charge in [-0.25, -0.2) is 9.18 Å². The summed E-state index contributed by atoms with van der Waals surface area (Å²) in [6.07, 6.45) is 0. The van der Waals surface area contributed by atoms with Crippen molar-refractivity contribution in [3.8, 4) is 11.1 Å². The van der Waals surface area contributed by atoms with E-state index in [2.05, 4.69) is 0 Å². The molecule has 0 aliphatic carbocycles. The molecule has 0 saturated carbocycles. The molecular weight excluding hydrogens is 347 g/mol. The smallest absolute Gasteiger partial charge is 0.335 e. The number of halogens is 1. The molecule has 0 aliphatic rings. The summed E-state index contributed by atoms with van der Waals surface area (Å²) in [4.78, 5) is 21.0. The fourth-order valence-electron chi connectivity index (χ4n) is 2.38. The lowest BCUT2D eigenvalue weighted by molar-refractivity contribution is -0.138. The van der Waals surface area contributed by atoms with Crippen molar-refractivity contribution in [3.63, 3.8) is 0 Å². The van der Waals surface area contributed by atoms with Crippen LogP contribution in [-0.2, 0) is 4.79 Å². The molecule has 1 atom stereocenters. The normalized spacial score (nSPS) is 11.0. The van der Waals surface area contributed by atoms with Gasteiger partial charge in [0.1, 0.15) is 5.82 Å². The first kappa shape index (κ1) is 19.8. The van der Waals surface area contributed by atoms with Crippen molar-refractivity contribution in [3.05, 3.63) is 95.8 Å². The molecule has 138 valence electrons. The molecule has 2 N–H and O–H groups in total. The molecule has 0 amide bonds. The Hall–Kier alpha value is -3.47. The van der Waals surface area contributed by atoms with Crippen molar-refractivity contribution in [2.75, 3.05) is 0 Å². The highest BCUT2D eigenvalue weighted by Gasteiger charge is 2.15. The third kappa shape index (κ3) is 5.51. The van der Waals surface area contributed by atoms with Crippen molar-refractivity contribution in [1.29, 1.82) is 0 Å². The van der Waals surface area contributed by atoms with Crippen molar-refractivity contribution < 1.29 is 24.2 Å². The Morgan fingerprint density at radius 1 is 0.852 bits per heavy atom. The molecule has 0 bridgehead atoms. The predicted octanol–water partition coefficient (Wildman–Crippen LogP) is 5.07. The SMILES string of the molecule is C[C@H](C(=O)O)c1ccc(-c2ccccc2)c(F)c1.O=C(O)c1ccccc1. The average Bonchev–Trinajstić information content (AvgIpc) is 2.69. The molecule has 0 fully saturated rings. The second-order valence-corrected chi connectivity index (χ2v) is 5.84. The summed E-state index contributed by atoms with van der Waals surface area (Å²) in [7, 11) is 0. The van der Waals surface area contributed by atoms with Crippen molar-refractivity contribution in [2.45, 2.75) is 12.8 Å². The van der Waals surface area contributed by atoms with Crippen LogP contribution in [0.4, 0.5) is 4.39 Å². The molecule has 3 aromatic carbocycles. The summed E-state index contributed by atoms with van der Waals surface area (Å²) in [5, 5.41) is 17.3. The van der Waals surface area contributed by atoms with Gasteiger partial charge in [-0.05, 0) is 36.2 Å². The highest BCUT2D eigenvalue weighted by molar-refractivity contribution is 5.87. The van der Waals surface area contributed by atoms with E-state index in [-0.39, 0.29) is 0 Å². The number of hydrogen-bond acceptors (Lipinski definition) is 2. The fourth-order valence-corrected chi connectivity index (χ4v) is 2.38. The number of rotatable bonds is 4. The molecule has 3 rings (SSSR count). The van der Waals surface area contributed by atoms with Crippen molar-refractivity contribution in [2.24, 2.45) is 0 Å². The molecule has 0 aliphatic heterocycles. The monoisotopic (exact) mass is 366 g/mol. The molecule has 0 saturated heterocycles. The minimum atomic E-state index is -0.957. The number of carboxylic acid groups (broad SMARTS) is 2. The van der Waals surface area contributed by atoms with E-state index in [0.29, 0.717) is 16.7 Å². The summed E-state index contributed by atoms with van der Waals surface area (Å²) in [6, 6.07) is 22.0. The number of carboxylic acids is 2. The van der Waals surface area contributed by atoms with Crippen LogP contribution in [0.25, 0.3) is 11.1 Å². The minimum Gasteiger partial charge on any atom is -0.481 e. The van der Waals surface area contributed by atoms with Gasteiger partial charge in [0.2, 0.25) is 0 Å². The molecule has 5 heteroatoms. The Morgan fingerprint density at radius 2 is 1.41 bits per heavy atom. The van der Waals surface area contributed by atoms with Gasteiger partial charge < -0.3 is 10.2 Å². The number of aromatic carboxylic acids is 1. The molecular formula is C22H19FO4. The predicted molar refractivity (Wildman–Crippen MR) is 101 cm³/mol. The second-order valence-electron chi connectivity index (χ2n) is 5.84. The van der Waals surface area contributed by atoms with E-state index < -0.39 is 23.7 Å². The van der Waals surface area contributed by atoms with Crippen LogP contribution < -0.4 is 0 Å². The maximum Gasteiger partial charge on any atom is 0.335 e. The lowest BCUT2D eigenvalue weighted by Crippen LogP contribution is -2.07. The summed E-state index contributed by atoms with van der Waals surface area (Å²) in [5.74, 6) is -2.94. The maximum atomic E-state index is 14.0. The summed E-state index contributed by atoms with van der Waals surface area (Å²) < 4.78 is 14.0. The van der Waals surface area contributed by atoms with Crippen LogP contribution in [0.5, 0.6) is 0 Å². The van der Waals surface area contributed by atoms with Gasteiger partial charge in [-0.1, -0.05) is 60.7 Å². The lowest BCUT2D eigenvalue weighted by atomic mass is 9.97. The van der Waals surface area contributed by atoms with E-state index in [1.165, 1.54) is 6.07 Å². The molecule has 0 aromatic heterocycles. The number of aliphatic carboxylic acids is 1. The standard InChI is InChI=1S/C15H13FO2.C7H6O2/c1-10(15(17)18)12-7-8-13(14(16)9-12)11-5-3-2-4-6-11;8-7(9)6-4-2-1-3-5-6/h2-10H,1H3,(H,17,18);1-5H,(H,8,9)/t10-;/m0./s1. The van der Waals surface area contributed by atoms with Gasteiger partial charge in [-0.2, -0.15) is 0 Å². The van der Waals surface area contributed by atoms with Gasteiger partial charge in [-0.15, -0.1) is 0 Å². The summed E-state index contributed by atoms with van der Waals surface area (Å²) >= 11 is 0. The minimum absolute atomic E-state index is 0.331. The van der Waals surface area contributed by atoms with Gasteiger partial charge in [-0.3, -0.25) is 4.79 Å². The first-order chi connectivity index (χ1) is 12.9. The highest BCUT2D eigenvalue weighted by atomic mass is 19.1. The zero-order valence-electron chi connectivity index (χ0n) is 14.7. The van der Waals surface area contributed by atoms with E-state index in [4.69, 9.17) is 10.2 Å². The fraction of sp³-hybridized carbons (Fsp3) is 0.0909. The Balaban J connectivity index is 0.000000244. The summed E-state index contributed by atoms with van der Waals surface area (Å²) in [5.41, 5.74) is 2.07. The highest BCUT2D eigenvalue weighted by Crippen LogP contribution is 2.26. The molecule has 4 nitrogen and oxygen atoms in total. The molecule has 0 unspecified atom stereocenters. The largest absolute Gasteiger partial charge is 0.481 e. The van der Waals surface area contributed by atoms with Crippen molar-refractivity contribution >= 4 is 11.9 Å². The van der Waals surface area contributed by atoms with E-state index in [1.54, 1.807) is 49.4 Å². The quantitative estimate of drug-likeness (QED) is 0.676. The Morgan fingerprint density at radius 3 is 1.85 bits per heavy atom. The van der Waals surface area contributed by atoms with Crippen LogP contribution in [-0.4, -0.2) is 22.2 Å². The van der Waals surface area contributed by atoms with Crippen LogP contribution in [0.3, 0.4) is 0 Å². The molecule has 0 spiro atoms. The topological polar surface area (TPSA) is 74.6 Å². The Labute approximate surface area is 156 Å². The van der Waals surface area contributed by atoms with Crippen LogP contribution in [0.1, 0.15) is 28.8 Å². The molecule has 0 radical (unpaired) electrons. The second kappa shape index (κ2) is 9.29. The first-order valence-corrected chi connectivity index (χ1v) is 8.26. The van der Waals surface area contributed by atoms with Gasteiger partial charge in [0.25, 0.3) is 0 Å². The van der Waals surface area contributed by atoms with Gasteiger partial charge in [0.15, 0.2) is 0 Å². The number of hydrogen-bond donors (Lipinski definition) is 2. The van der Waals surface area contributed by atoms with Crippen LogP contribution in [0, 0.1) is 5.82 Å². The average molecular weight is 366 g/mol. The Bertz CT molecular complexity index is 908. The summed E-state index contributed by atoms with van der Waals surface area (Å²) in [6.45, 7) is 1.54. The van der Waals surface area contributed by atoms with E-state index in [0.717, 1.165) is 5.56 Å². The van der Waals surface area contributed by atoms with Gasteiger partial charge in [0.05, 0.1) is 11.5 Å². The van der Waals surface area contributed by atoms with E-state index in [9.17, 15) is 14.0 Å². The first-order valence-electron chi connectivity index (χ1n) is 8.26.